The van der Waals surface area contributed by atoms with E-state index in [4.69, 9.17) is 4.74 Å². The Bertz CT molecular complexity index is 4200. The van der Waals surface area contributed by atoms with Crippen molar-refractivity contribution in [3.63, 3.8) is 0 Å². The molecular weight excluding hydrogens is 919 g/mol. The first kappa shape index (κ1) is 43.0. The molecule has 2 spiro atoms. The van der Waals surface area contributed by atoms with Crippen molar-refractivity contribution in [3.05, 3.63) is 323 Å². The summed E-state index contributed by atoms with van der Waals surface area (Å²) in [5.41, 5.74) is 27.5. The number of allylic oxidation sites excluding steroid dienone is 4. The van der Waals surface area contributed by atoms with Crippen LogP contribution >= 0.6 is 0 Å². The molecule has 11 aromatic rings. The fourth-order valence-electron chi connectivity index (χ4n) is 14.3. The number of hydrogen-bond donors (Lipinski definition) is 0. The topological polar surface area (TPSA) is 12.5 Å². The van der Waals surface area contributed by atoms with E-state index in [1.807, 2.05) is 0 Å². The molecule has 0 aromatic heterocycles. The molecule has 0 unspecified atom stereocenters. The summed E-state index contributed by atoms with van der Waals surface area (Å²) in [6.07, 6.45) is 6.90. The summed E-state index contributed by atoms with van der Waals surface area (Å²) in [4.78, 5) is 2.57. The normalized spacial score (nSPS) is 14.9. The monoisotopic (exact) mass is 967 g/mol. The quantitative estimate of drug-likeness (QED) is 0.165. The van der Waals surface area contributed by atoms with Crippen molar-refractivity contribution in [2.24, 2.45) is 0 Å². The van der Waals surface area contributed by atoms with Gasteiger partial charge in [-0.2, -0.15) is 0 Å². The second-order valence-electron chi connectivity index (χ2n) is 20.8. The van der Waals surface area contributed by atoms with Gasteiger partial charge >= 0.3 is 0 Å². The predicted molar refractivity (Wildman–Crippen MR) is 312 cm³/mol. The Labute approximate surface area is 443 Å². The van der Waals surface area contributed by atoms with Crippen LogP contribution in [0.3, 0.4) is 0 Å². The van der Waals surface area contributed by atoms with Crippen molar-refractivity contribution in [2.45, 2.75) is 23.7 Å². The number of anilines is 3. The van der Waals surface area contributed by atoms with E-state index in [1.54, 1.807) is 0 Å². The van der Waals surface area contributed by atoms with Crippen LogP contribution in [0.4, 0.5) is 17.1 Å². The number of rotatable bonds is 6. The third-order valence-electron chi connectivity index (χ3n) is 17.3. The van der Waals surface area contributed by atoms with E-state index < -0.39 is 10.8 Å². The van der Waals surface area contributed by atoms with Crippen LogP contribution in [0.1, 0.15) is 57.3 Å². The van der Waals surface area contributed by atoms with Gasteiger partial charge in [0, 0.05) is 28.1 Å². The molecule has 0 amide bonds. The molecule has 76 heavy (non-hydrogen) atoms. The van der Waals surface area contributed by atoms with Crippen LogP contribution < -0.4 is 9.64 Å². The molecule has 0 radical (unpaired) electrons. The second kappa shape index (κ2) is 16.5. The van der Waals surface area contributed by atoms with E-state index in [9.17, 15) is 0 Å². The van der Waals surface area contributed by atoms with Crippen LogP contribution in [0, 0.1) is 0 Å². The summed E-state index contributed by atoms with van der Waals surface area (Å²) in [6.45, 7) is 0. The third-order valence-corrected chi connectivity index (χ3v) is 17.3. The van der Waals surface area contributed by atoms with Gasteiger partial charge in [0.05, 0.1) is 16.5 Å². The van der Waals surface area contributed by atoms with Gasteiger partial charge in [-0.1, -0.05) is 231 Å². The van der Waals surface area contributed by atoms with Gasteiger partial charge in [-0.05, 0) is 150 Å². The molecule has 2 nitrogen and oxygen atoms in total. The molecule has 0 saturated carbocycles. The SMILES string of the molecule is C1=CC2=C(CC1)c1ccc(N(c3ccc4c(c3)C3(c5ccccc5Oc5ccccc53)c3ccccc3-4)c3ccccc3-c3ccccc3-c3ccccc3-c3ccccc3)cc1C21c2ccccc2-c2ccccc21. The van der Waals surface area contributed by atoms with E-state index >= 15 is 0 Å². The van der Waals surface area contributed by atoms with Gasteiger partial charge in [0.2, 0.25) is 0 Å². The number of ether oxygens (including phenoxy) is 1. The highest BCUT2D eigenvalue weighted by atomic mass is 16.5. The minimum atomic E-state index is -0.638. The Morgan fingerprint density at radius 1 is 0.316 bits per heavy atom. The summed E-state index contributed by atoms with van der Waals surface area (Å²) in [7, 11) is 0. The maximum Gasteiger partial charge on any atom is 0.132 e. The summed E-state index contributed by atoms with van der Waals surface area (Å²) >= 11 is 0. The zero-order valence-corrected chi connectivity index (χ0v) is 41.8. The molecule has 0 bridgehead atoms. The van der Waals surface area contributed by atoms with Crippen LogP contribution in [0.2, 0.25) is 0 Å². The first-order chi connectivity index (χ1) is 37.7. The van der Waals surface area contributed by atoms with Crippen molar-refractivity contribution in [1.82, 2.24) is 0 Å². The van der Waals surface area contributed by atoms with Crippen LogP contribution in [-0.2, 0) is 10.8 Å². The van der Waals surface area contributed by atoms with Crippen molar-refractivity contribution in [2.75, 3.05) is 4.90 Å². The highest BCUT2D eigenvalue weighted by Gasteiger charge is 2.54. The Kier molecular flexibility index (Phi) is 9.33. The van der Waals surface area contributed by atoms with Gasteiger partial charge < -0.3 is 9.64 Å². The highest BCUT2D eigenvalue weighted by molar-refractivity contribution is 6.01. The van der Waals surface area contributed by atoms with Crippen molar-refractivity contribution in [3.8, 4) is 67.1 Å². The molecule has 5 aliphatic rings. The van der Waals surface area contributed by atoms with Gasteiger partial charge in [0.1, 0.15) is 11.5 Å². The van der Waals surface area contributed by atoms with Crippen LogP contribution in [-0.4, -0.2) is 0 Å². The minimum absolute atomic E-state index is 0.469. The molecule has 4 aliphatic carbocycles. The average Bonchev–Trinajstić information content (AvgIpc) is 4.28. The van der Waals surface area contributed by atoms with Crippen LogP contribution in [0.5, 0.6) is 11.5 Å². The summed E-state index contributed by atoms with van der Waals surface area (Å²) < 4.78 is 6.82. The van der Waals surface area contributed by atoms with Gasteiger partial charge in [-0.25, -0.2) is 0 Å². The zero-order chi connectivity index (χ0) is 50.0. The van der Waals surface area contributed by atoms with Crippen molar-refractivity contribution >= 4 is 22.6 Å². The Balaban J connectivity index is 0.982. The smallest absolute Gasteiger partial charge is 0.132 e. The number of para-hydroxylation sites is 3. The summed E-state index contributed by atoms with van der Waals surface area (Å²) in [5.74, 6) is 1.77. The number of hydrogen-bond acceptors (Lipinski definition) is 2. The van der Waals surface area contributed by atoms with Crippen LogP contribution in [0.15, 0.2) is 279 Å². The predicted octanol–water partition coefficient (Wildman–Crippen LogP) is 19.1. The molecule has 0 fully saturated rings. The van der Waals surface area contributed by atoms with Gasteiger partial charge in [0.25, 0.3) is 0 Å². The molecule has 0 atom stereocenters. The van der Waals surface area contributed by atoms with E-state index in [0.717, 1.165) is 58.1 Å². The first-order valence-corrected chi connectivity index (χ1v) is 26.7. The highest BCUT2D eigenvalue weighted by Crippen LogP contribution is 2.66. The zero-order valence-electron chi connectivity index (χ0n) is 41.8. The number of nitrogens with zero attached hydrogens (tertiary/aromatic N) is 1. The van der Waals surface area contributed by atoms with E-state index in [0.29, 0.717) is 0 Å². The minimum Gasteiger partial charge on any atom is -0.457 e. The summed E-state index contributed by atoms with van der Waals surface area (Å²) in [5, 5.41) is 0. The second-order valence-corrected chi connectivity index (χ2v) is 20.8. The number of fused-ring (bicyclic) bond motifs is 18. The molecular formula is C74H49NO. The molecule has 1 heterocycles. The molecule has 356 valence electrons. The lowest BCUT2D eigenvalue weighted by Gasteiger charge is -2.39. The maximum absolute atomic E-state index is 6.82. The fourth-order valence-corrected chi connectivity index (χ4v) is 14.3. The van der Waals surface area contributed by atoms with Gasteiger partial charge in [-0.15, -0.1) is 0 Å². The summed E-state index contributed by atoms with van der Waals surface area (Å²) in [6, 6.07) is 97.1. The largest absolute Gasteiger partial charge is 0.457 e. The Morgan fingerprint density at radius 3 is 1.34 bits per heavy atom. The van der Waals surface area contributed by atoms with Gasteiger partial charge in [-0.3, -0.25) is 0 Å². The lowest BCUT2D eigenvalue weighted by Crippen LogP contribution is -2.32. The van der Waals surface area contributed by atoms with Gasteiger partial charge in [0.15, 0.2) is 0 Å². The van der Waals surface area contributed by atoms with E-state index in [2.05, 4.69) is 278 Å². The molecule has 2 heteroatoms. The lowest BCUT2D eigenvalue weighted by atomic mass is 9.66. The third kappa shape index (κ3) is 5.81. The van der Waals surface area contributed by atoms with Crippen molar-refractivity contribution in [1.29, 1.82) is 0 Å². The number of benzene rings is 11. The fraction of sp³-hybridized carbons (Fsp3) is 0.0541. The maximum atomic E-state index is 6.82. The Morgan fingerprint density at radius 2 is 0.737 bits per heavy atom. The molecule has 0 N–H and O–H groups in total. The van der Waals surface area contributed by atoms with E-state index in [1.165, 1.54) is 94.6 Å². The van der Waals surface area contributed by atoms with Crippen molar-refractivity contribution < 1.29 is 4.74 Å². The first-order valence-electron chi connectivity index (χ1n) is 26.7. The lowest BCUT2D eigenvalue weighted by molar-refractivity contribution is 0.436. The average molecular weight is 968 g/mol. The van der Waals surface area contributed by atoms with Crippen LogP contribution in [0.25, 0.3) is 61.2 Å². The molecule has 0 saturated heterocycles. The molecule has 1 aliphatic heterocycles. The van der Waals surface area contributed by atoms with E-state index in [-0.39, 0.29) is 0 Å². The Hall–Kier alpha value is -9.50. The molecule has 11 aromatic carbocycles. The molecule has 16 rings (SSSR count). The standard InChI is InChI=1S/C74H49NO/c1-2-22-48(23-3-1)51-24-4-5-25-52(51)53-26-6-7-27-54(53)61-32-12-19-39-70(61)75(49-42-44-59-57-30-10-15-35-64(57)73(68(59)46-49)62-33-13-8-28-55(62)56-29-9-14-34-63(56)73)50-43-45-60-58-31-11-16-36-65(58)74(69(60)47-50)66-37-17-20-40-71(66)76-72-41-21-18-38-67(72)74/h1-9,11-29,31-47H,10,30H2.